The van der Waals surface area contributed by atoms with Gasteiger partial charge in [-0.3, -0.25) is 19.4 Å². The van der Waals surface area contributed by atoms with E-state index in [4.69, 9.17) is 9.47 Å². The molecular weight excluding hydrogens is 554 g/mol. The lowest BCUT2D eigenvalue weighted by atomic mass is 9.85. The average Bonchev–Trinajstić information content (AvgIpc) is 3.24. The van der Waals surface area contributed by atoms with Crippen molar-refractivity contribution in [3.05, 3.63) is 101 Å². The maximum absolute atomic E-state index is 14.2. The van der Waals surface area contributed by atoms with Crippen molar-refractivity contribution in [3.8, 4) is 11.8 Å². The molecule has 13 nitrogen and oxygen atoms in total. The number of hydrogen-bond donors (Lipinski definition) is 1. The Bertz CT molecular complexity index is 1720. The second-order valence-electron chi connectivity index (χ2n) is 10.1. The van der Waals surface area contributed by atoms with Crippen LogP contribution >= 0.6 is 0 Å². The number of esters is 1. The van der Waals surface area contributed by atoms with E-state index in [0.717, 1.165) is 10.6 Å². The fourth-order valence-corrected chi connectivity index (χ4v) is 5.42. The predicted molar refractivity (Wildman–Crippen MR) is 154 cm³/mol. The van der Waals surface area contributed by atoms with Crippen LogP contribution in [-0.2, 0) is 11.3 Å². The number of anilines is 2. The van der Waals surface area contributed by atoms with E-state index < -0.39 is 23.4 Å². The number of nitrogens with zero attached hydrogens (tertiary/aromatic N) is 6. The quantitative estimate of drug-likeness (QED) is 0.255. The zero-order chi connectivity index (χ0) is 30.0. The number of pyridine rings is 2. The number of hydrogen-bond acceptors (Lipinski definition) is 10. The number of carbonyl (C=O) groups is 3. The van der Waals surface area contributed by atoms with Gasteiger partial charge < -0.3 is 14.5 Å². The van der Waals surface area contributed by atoms with E-state index in [1.807, 2.05) is 0 Å². The molecule has 4 aromatic rings. The van der Waals surface area contributed by atoms with E-state index >= 15 is 0 Å². The number of carbonyl (C=O) groups excluding carboxylic acids is 3. The van der Waals surface area contributed by atoms with Crippen LogP contribution in [0.2, 0.25) is 0 Å². The van der Waals surface area contributed by atoms with E-state index in [9.17, 15) is 19.2 Å². The molecule has 1 aromatic carbocycles. The van der Waals surface area contributed by atoms with Gasteiger partial charge in [0.05, 0.1) is 24.6 Å². The molecule has 3 aromatic heterocycles. The van der Waals surface area contributed by atoms with Crippen LogP contribution in [0.3, 0.4) is 0 Å². The molecule has 2 fully saturated rings. The maximum atomic E-state index is 14.2. The highest BCUT2D eigenvalue weighted by Gasteiger charge is 2.59. The number of piperidine rings is 1. The Morgan fingerprint density at radius 1 is 0.953 bits per heavy atom. The van der Waals surface area contributed by atoms with Crippen molar-refractivity contribution in [2.75, 3.05) is 30.0 Å². The van der Waals surface area contributed by atoms with Gasteiger partial charge in [0, 0.05) is 55.8 Å². The number of amides is 3. The molecular formula is C30H27N7O6. The first-order chi connectivity index (χ1) is 20.9. The van der Waals surface area contributed by atoms with Gasteiger partial charge in [-0.1, -0.05) is 18.2 Å². The molecule has 3 amide bonds. The van der Waals surface area contributed by atoms with Crippen LogP contribution in [-0.4, -0.2) is 68.5 Å². The number of H-pyrrole nitrogens is 1. The zero-order valence-corrected chi connectivity index (χ0v) is 23.2. The first-order valence-corrected chi connectivity index (χ1v) is 13.6. The van der Waals surface area contributed by atoms with E-state index in [1.54, 1.807) is 42.6 Å². The van der Waals surface area contributed by atoms with Crippen molar-refractivity contribution >= 4 is 29.4 Å². The Labute approximate surface area is 245 Å². The minimum absolute atomic E-state index is 0.0241. The lowest BCUT2D eigenvalue weighted by Crippen LogP contribution is -2.57. The van der Waals surface area contributed by atoms with Crippen LogP contribution < -0.4 is 24.7 Å². The van der Waals surface area contributed by atoms with Gasteiger partial charge in [0.15, 0.2) is 5.43 Å². The number of ether oxygens (including phenoxy) is 2. The number of urea groups is 1. The molecule has 6 rings (SSSR count). The SMILES string of the molecule is COc1cc(N2C(=O)N(c3ccc(OC(=O)c4ccccc4)nc3)C(=O)C23CCN(Cc2cc(=O)cc[nH]2)CC3)ncn1. The van der Waals surface area contributed by atoms with Gasteiger partial charge in [0.25, 0.3) is 5.91 Å². The fourth-order valence-electron chi connectivity index (χ4n) is 5.42. The van der Waals surface area contributed by atoms with Crippen molar-refractivity contribution in [2.24, 2.45) is 0 Å². The number of methoxy groups -OCH3 is 1. The summed E-state index contributed by atoms with van der Waals surface area (Å²) in [4.78, 5) is 72.7. The summed E-state index contributed by atoms with van der Waals surface area (Å²) in [5.74, 6) is -0.497. The van der Waals surface area contributed by atoms with Crippen LogP contribution in [0.15, 0.2) is 84.2 Å². The topological polar surface area (TPSA) is 151 Å². The minimum atomic E-state index is -1.23. The van der Waals surface area contributed by atoms with Gasteiger partial charge in [0.1, 0.15) is 17.7 Å². The summed E-state index contributed by atoms with van der Waals surface area (Å²) in [6, 6.07) is 15.3. The van der Waals surface area contributed by atoms with E-state index in [2.05, 4.69) is 24.8 Å². The Morgan fingerprint density at radius 2 is 1.74 bits per heavy atom. The molecule has 2 aliphatic rings. The molecule has 0 bridgehead atoms. The third kappa shape index (κ3) is 5.33. The Morgan fingerprint density at radius 3 is 2.44 bits per heavy atom. The van der Waals surface area contributed by atoms with Gasteiger partial charge in [-0.2, -0.15) is 0 Å². The molecule has 5 heterocycles. The number of rotatable bonds is 7. The molecule has 0 radical (unpaired) electrons. The lowest BCUT2D eigenvalue weighted by molar-refractivity contribution is -0.123. The lowest BCUT2D eigenvalue weighted by Gasteiger charge is -2.41. The Hall–Kier alpha value is -5.43. The monoisotopic (exact) mass is 581 g/mol. The maximum Gasteiger partial charge on any atom is 0.344 e. The van der Waals surface area contributed by atoms with Crippen molar-refractivity contribution in [3.63, 3.8) is 0 Å². The standard InChI is InChI=1S/C30H27N7O6/c1-42-26-16-24(33-19-34-26)37-29(41)36(22-7-8-25(32-17-22)43-27(39)20-5-3-2-4-6-20)28(40)30(37)10-13-35(14-11-30)18-21-15-23(38)9-12-31-21/h2-9,12,15-17,19H,10-11,13-14,18H2,1H3,(H,31,38). The molecule has 13 heteroatoms. The van der Waals surface area contributed by atoms with Crippen molar-refractivity contribution in [1.29, 1.82) is 0 Å². The van der Waals surface area contributed by atoms with Crippen LogP contribution in [0, 0.1) is 0 Å². The van der Waals surface area contributed by atoms with Crippen molar-refractivity contribution in [2.45, 2.75) is 24.9 Å². The number of aromatic amines is 1. The van der Waals surface area contributed by atoms with Crippen LogP contribution in [0.25, 0.3) is 0 Å². The first-order valence-electron chi connectivity index (χ1n) is 13.6. The summed E-state index contributed by atoms with van der Waals surface area (Å²) in [5, 5.41) is 0. The molecule has 0 saturated carbocycles. The van der Waals surface area contributed by atoms with Crippen molar-refractivity contribution < 1.29 is 23.9 Å². The molecule has 43 heavy (non-hydrogen) atoms. The van der Waals surface area contributed by atoms with Crippen LogP contribution in [0.1, 0.15) is 28.9 Å². The average molecular weight is 582 g/mol. The molecule has 0 aliphatic carbocycles. The molecule has 0 atom stereocenters. The Kier molecular flexibility index (Phi) is 7.38. The number of aromatic nitrogens is 4. The molecule has 1 N–H and O–H groups in total. The van der Waals surface area contributed by atoms with Gasteiger partial charge in [-0.15, -0.1) is 0 Å². The summed E-state index contributed by atoms with van der Waals surface area (Å²) < 4.78 is 10.6. The highest BCUT2D eigenvalue weighted by Crippen LogP contribution is 2.42. The summed E-state index contributed by atoms with van der Waals surface area (Å²) in [6.45, 7) is 1.46. The van der Waals surface area contributed by atoms with Gasteiger partial charge in [-0.25, -0.2) is 29.4 Å². The molecule has 0 unspecified atom stereocenters. The predicted octanol–water partition coefficient (Wildman–Crippen LogP) is 2.80. The number of imide groups is 1. The second kappa shape index (κ2) is 11.4. The summed E-state index contributed by atoms with van der Waals surface area (Å²) >= 11 is 0. The van der Waals surface area contributed by atoms with Gasteiger partial charge >= 0.3 is 12.0 Å². The van der Waals surface area contributed by atoms with Crippen molar-refractivity contribution in [1.82, 2.24) is 24.8 Å². The third-order valence-electron chi connectivity index (χ3n) is 7.57. The molecule has 218 valence electrons. The van der Waals surface area contributed by atoms with Gasteiger partial charge in [0.2, 0.25) is 11.8 Å². The first kappa shape index (κ1) is 27.7. The van der Waals surface area contributed by atoms with E-state index in [1.165, 1.54) is 48.8 Å². The van der Waals surface area contributed by atoms with Crippen LogP contribution in [0.4, 0.5) is 16.3 Å². The van der Waals surface area contributed by atoms with E-state index in [-0.39, 0.29) is 28.7 Å². The third-order valence-corrected chi connectivity index (χ3v) is 7.57. The molecule has 2 aliphatic heterocycles. The van der Waals surface area contributed by atoms with Gasteiger partial charge in [-0.05, 0) is 31.0 Å². The minimum Gasteiger partial charge on any atom is -0.481 e. The second-order valence-corrected chi connectivity index (χ2v) is 10.1. The highest BCUT2D eigenvalue weighted by molar-refractivity contribution is 6.30. The number of nitrogens with one attached hydrogen (secondary N) is 1. The molecule has 1 spiro atoms. The van der Waals surface area contributed by atoms with Crippen LogP contribution in [0.5, 0.6) is 11.8 Å². The molecule has 2 saturated heterocycles. The highest BCUT2D eigenvalue weighted by atomic mass is 16.5. The normalized spacial score (nSPS) is 16.5. The largest absolute Gasteiger partial charge is 0.481 e. The Balaban J connectivity index is 1.27. The summed E-state index contributed by atoms with van der Waals surface area (Å²) in [7, 11) is 1.45. The zero-order valence-electron chi connectivity index (χ0n) is 23.2. The fraction of sp³-hybridized carbons (Fsp3) is 0.233. The summed E-state index contributed by atoms with van der Waals surface area (Å²) in [6.07, 6.45) is 4.84. The summed E-state index contributed by atoms with van der Waals surface area (Å²) in [5.41, 5.74) is 0.0289. The van der Waals surface area contributed by atoms with E-state index in [0.29, 0.717) is 38.0 Å². The number of likely N-dealkylation sites (tertiary alicyclic amines) is 1. The number of benzene rings is 1. The smallest absolute Gasteiger partial charge is 0.344 e.